The number of hydrogen-bond acceptors (Lipinski definition) is 3. The van der Waals surface area contributed by atoms with Crippen molar-refractivity contribution in [3.8, 4) is 0 Å². The Kier molecular flexibility index (Phi) is 2.87. The van der Waals surface area contributed by atoms with Crippen LogP contribution in [0.4, 0.5) is 0 Å². The molecule has 1 saturated heterocycles. The Morgan fingerprint density at radius 2 is 1.54 bits per heavy atom. The summed E-state index contributed by atoms with van der Waals surface area (Å²) in [5.41, 5.74) is 2.94. The lowest BCUT2D eigenvalue weighted by Crippen LogP contribution is -2.46. The molecule has 3 fully saturated rings. The number of allylic oxidation sites excluding steroid dienone is 2. The van der Waals surface area contributed by atoms with E-state index in [1.165, 1.54) is 0 Å². The van der Waals surface area contributed by atoms with Gasteiger partial charge in [0.1, 0.15) is 0 Å². The van der Waals surface area contributed by atoms with E-state index in [2.05, 4.69) is 33.5 Å². The fraction of sp³-hybridized carbons (Fsp3) is 0.389. The highest BCUT2D eigenvalue weighted by molar-refractivity contribution is 9.10. The highest BCUT2D eigenvalue weighted by atomic mass is 79.9. The van der Waals surface area contributed by atoms with E-state index in [0.717, 1.165) is 15.9 Å². The minimum absolute atomic E-state index is 0.163. The fourth-order valence-electron chi connectivity index (χ4n) is 4.83. The molecule has 5 nitrogen and oxygen atoms in total. The molecule has 6 rings (SSSR count). The fourth-order valence-corrected chi connectivity index (χ4v) is 5.10. The topological polar surface area (TPSA) is 66.5 Å². The summed E-state index contributed by atoms with van der Waals surface area (Å²) in [6, 6.07) is 6.80. The van der Waals surface area contributed by atoms with Gasteiger partial charge in [-0.05, 0) is 54.4 Å². The molecule has 1 aliphatic heterocycles. The maximum Gasteiger partial charge on any atom is 0.270 e. The van der Waals surface area contributed by atoms with Crippen LogP contribution in [0.25, 0.3) is 0 Å². The van der Waals surface area contributed by atoms with Crippen molar-refractivity contribution in [2.45, 2.75) is 6.42 Å². The van der Waals surface area contributed by atoms with E-state index >= 15 is 0 Å². The normalized spacial score (nSPS) is 38.1. The molecular formula is C18H15BrN2O3. The van der Waals surface area contributed by atoms with Gasteiger partial charge in [0.2, 0.25) is 0 Å². The molecule has 5 aliphatic rings. The zero-order chi connectivity index (χ0) is 16.6. The number of hydrogen-bond donors (Lipinski definition) is 1. The summed E-state index contributed by atoms with van der Waals surface area (Å²) in [7, 11) is 0. The predicted molar refractivity (Wildman–Crippen MR) is 88.2 cm³/mol. The molecule has 6 atom stereocenters. The second-order valence-corrected chi connectivity index (χ2v) is 8.03. The van der Waals surface area contributed by atoms with E-state index in [0.29, 0.717) is 17.4 Å². The first-order chi connectivity index (χ1) is 11.6. The van der Waals surface area contributed by atoms with E-state index in [4.69, 9.17) is 0 Å². The molecule has 2 saturated carbocycles. The maximum atomic E-state index is 12.8. The zero-order valence-corrected chi connectivity index (χ0v) is 14.3. The number of carbonyl (C=O) groups is 3. The molecule has 0 unspecified atom stereocenters. The summed E-state index contributed by atoms with van der Waals surface area (Å²) < 4.78 is 0.861. The molecule has 6 heteroatoms. The average molecular weight is 387 g/mol. The molecule has 0 aromatic heterocycles. The molecule has 0 radical (unpaired) electrons. The third kappa shape index (κ3) is 1.83. The Hall–Kier alpha value is -1.95. The van der Waals surface area contributed by atoms with Crippen molar-refractivity contribution in [2.24, 2.45) is 35.5 Å². The van der Waals surface area contributed by atoms with Crippen LogP contribution in [0.3, 0.4) is 0 Å². The summed E-state index contributed by atoms with van der Waals surface area (Å²) in [6.07, 6.45) is 5.36. The largest absolute Gasteiger partial charge is 0.272 e. The van der Waals surface area contributed by atoms with Gasteiger partial charge in [0.25, 0.3) is 17.7 Å². The Labute approximate surface area is 147 Å². The zero-order valence-electron chi connectivity index (χ0n) is 12.7. The number of nitrogens with zero attached hydrogens (tertiary/aromatic N) is 1. The van der Waals surface area contributed by atoms with E-state index in [-0.39, 0.29) is 35.5 Å². The summed E-state index contributed by atoms with van der Waals surface area (Å²) in [4.78, 5) is 37.9. The van der Waals surface area contributed by atoms with Crippen molar-refractivity contribution in [1.82, 2.24) is 10.4 Å². The van der Waals surface area contributed by atoms with Crippen molar-refractivity contribution in [1.29, 1.82) is 0 Å². The second kappa shape index (κ2) is 4.79. The van der Waals surface area contributed by atoms with Crippen LogP contribution >= 0.6 is 15.9 Å². The van der Waals surface area contributed by atoms with Crippen molar-refractivity contribution < 1.29 is 14.4 Å². The Bertz CT molecular complexity index is 767. The molecule has 24 heavy (non-hydrogen) atoms. The molecule has 1 N–H and O–H groups in total. The number of nitrogens with one attached hydrogen (secondary N) is 1. The summed E-state index contributed by atoms with van der Waals surface area (Å²) >= 11 is 3.32. The van der Waals surface area contributed by atoms with E-state index in [1.54, 1.807) is 24.3 Å². The van der Waals surface area contributed by atoms with Crippen LogP contribution in [-0.2, 0) is 9.59 Å². The maximum absolute atomic E-state index is 12.8. The molecule has 3 amide bonds. The first-order valence-electron chi connectivity index (χ1n) is 8.19. The standard InChI is InChI=1S/C18H15BrN2O3/c19-9-3-1-8(2-4-9)16(22)20-21-17(23)14-10-5-6-11(13-7-12(10)13)15(14)18(21)24/h1-6,10-15H,7H2,(H,20,22)/t10-,11-,12-,13+,14-,15+/m1/s1. The SMILES string of the molecule is O=C(NN1C(=O)[C@@H]2[C@@H]3C=C[C@H]([C@@H]4C[C@H]34)[C@@H]2C1=O)c1ccc(Br)cc1. The number of hydrazine groups is 1. The Morgan fingerprint density at radius 3 is 2.08 bits per heavy atom. The molecule has 1 aromatic carbocycles. The number of carbonyl (C=O) groups excluding carboxylic acids is 3. The van der Waals surface area contributed by atoms with Gasteiger partial charge in [-0.15, -0.1) is 0 Å². The monoisotopic (exact) mass is 386 g/mol. The van der Waals surface area contributed by atoms with Crippen LogP contribution < -0.4 is 5.43 Å². The quantitative estimate of drug-likeness (QED) is 0.625. The number of benzene rings is 1. The summed E-state index contributed by atoms with van der Waals surface area (Å²) in [5, 5.41) is 0.970. The predicted octanol–water partition coefficient (Wildman–Crippen LogP) is 2.15. The van der Waals surface area contributed by atoms with E-state index < -0.39 is 5.91 Å². The van der Waals surface area contributed by atoms with Crippen LogP contribution in [0.1, 0.15) is 16.8 Å². The molecule has 122 valence electrons. The van der Waals surface area contributed by atoms with Crippen LogP contribution in [0.15, 0.2) is 40.9 Å². The molecule has 1 aromatic rings. The van der Waals surface area contributed by atoms with Crippen molar-refractivity contribution >= 4 is 33.7 Å². The van der Waals surface area contributed by atoms with Crippen LogP contribution in [-0.4, -0.2) is 22.7 Å². The van der Waals surface area contributed by atoms with Gasteiger partial charge in [-0.1, -0.05) is 28.1 Å². The van der Waals surface area contributed by atoms with Gasteiger partial charge in [0, 0.05) is 10.0 Å². The van der Waals surface area contributed by atoms with Gasteiger partial charge in [0.15, 0.2) is 0 Å². The van der Waals surface area contributed by atoms with Crippen molar-refractivity contribution in [3.63, 3.8) is 0 Å². The highest BCUT2D eigenvalue weighted by Gasteiger charge is 2.67. The van der Waals surface area contributed by atoms with Gasteiger partial charge in [-0.3, -0.25) is 19.8 Å². The van der Waals surface area contributed by atoms with Gasteiger partial charge in [-0.25, -0.2) is 0 Å². The molecule has 0 spiro atoms. The third-order valence-corrected chi connectivity index (χ3v) is 6.51. The van der Waals surface area contributed by atoms with Gasteiger partial charge in [-0.2, -0.15) is 5.01 Å². The molecule has 4 aliphatic carbocycles. The van der Waals surface area contributed by atoms with E-state index in [1.807, 2.05) is 0 Å². The molecular weight excluding hydrogens is 372 g/mol. The van der Waals surface area contributed by atoms with Crippen LogP contribution in [0.5, 0.6) is 0 Å². The number of imide groups is 1. The number of amides is 3. The van der Waals surface area contributed by atoms with Crippen molar-refractivity contribution in [3.05, 3.63) is 46.5 Å². The van der Waals surface area contributed by atoms with Crippen molar-refractivity contribution in [2.75, 3.05) is 0 Å². The Morgan fingerprint density at radius 1 is 1.00 bits per heavy atom. The number of rotatable bonds is 2. The minimum Gasteiger partial charge on any atom is -0.272 e. The summed E-state index contributed by atoms with van der Waals surface area (Å²) in [5.74, 6) is -0.0797. The van der Waals surface area contributed by atoms with Gasteiger partial charge in [0.05, 0.1) is 11.8 Å². The van der Waals surface area contributed by atoms with Gasteiger partial charge < -0.3 is 0 Å². The first-order valence-corrected chi connectivity index (χ1v) is 8.98. The van der Waals surface area contributed by atoms with Crippen LogP contribution in [0.2, 0.25) is 0 Å². The Balaban J connectivity index is 1.40. The third-order valence-electron chi connectivity index (χ3n) is 5.98. The lowest BCUT2D eigenvalue weighted by atomic mass is 9.63. The second-order valence-electron chi connectivity index (χ2n) is 7.11. The minimum atomic E-state index is -0.437. The highest BCUT2D eigenvalue weighted by Crippen LogP contribution is 2.65. The molecule has 2 bridgehead atoms. The number of halogens is 1. The van der Waals surface area contributed by atoms with Crippen LogP contribution in [0, 0.1) is 35.5 Å². The first kappa shape index (κ1) is 14.4. The summed E-state index contributed by atoms with van der Waals surface area (Å²) in [6.45, 7) is 0. The lowest BCUT2D eigenvalue weighted by Gasteiger charge is -2.37. The average Bonchev–Trinajstić information content (AvgIpc) is 3.36. The smallest absolute Gasteiger partial charge is 0.270 e. The molecule has 1 heterocycles. The lowest BCUT2D eigenvalue weighted by molar-refractivity contribution is -0.143. The van der Waals surface area contributed by atoms with Gasteiger partial charge >= 0.3 is 0 Å². The van der Waals surface area contributed by atoms with E-state index in [9.17, 15) is 14.4 Å².